The lowest BCUT2D eigenvalue weighted by molar-refractivity contribution is -0.115. The van der Waals surface area contributed by atoms with Crippen molar-refractivity contribution in [2.45, 2.75) is 13.3 Å². The molecule has 3 rings (SSSR count). The topological polar surface area (TPSA) is 50.4 Å². The van der Waals surface area contributed by atoms with E-state index >= 15 is 0 Å². The number of aryl methyl sites for hydroxylation is 1. The molecule has 138 valence electrons. The van der Waals surface area contributed by atoms with Crippen LogP contribution < -0.4 is 15.4 Å². The molecule has 1 amide bonds. The maximum Gasteiger partial charge on any atom is 0.228 e. The Morgan fingerprint density at radius 3 is 2.30 bits per heavy atom. The van der Waals surface area contributed by atoms with Gasteiger partial charge in [0.2, 0.25) is 5.91 Å². The van der Waals surface area contributed by atoms with Gasteiger partial charge in [0.15, 0.2) is 0 Å². The monoisotopic (exact) mass is 364 g/mol. The van der Waals surface area contributed by atoms with E-state index in [0.717, 1.165) is 28.3 Å². The summed E-state index contributed by atoms with van der Waals surface area (Å²) in [7, 11) is 1.63. The third-order valence-electron chi connectivity index (χ3n) is 4.08. The highest BCUT2D eigenvalue weighted by atomic mass is 19.1. The highest BCUT2D eigenvalue weighted by Gasteiger charge is 2.06. The zero-order valence-corrected chi connectivity index (χ0v) is 15.3. The van der Waals surface area contributed by atoms with E-state index in [4.69, 9.17) is 4.74 Å². The molecule has 2 N–H and O–H groups in total. The van der Waals surface area contributed by atoms with E-state index in [0.29, 0.717) is 5.69 Å². The summed E-state index contributed by atoms with van der Waals surface area (Å²) in [6, 6.07) is 19.3. The van der Waals surface area contributed by atoms with Gasteiger partial charge in [-0.15, -0.1) is 0 Å². The molecule has 0 saturated heterocycles. The van der Waals surface area contributed by atoms with Gasteiger partial charge in [-0.2, -0.15) is 0 Å². The molecule has 0 bridgehead atoms. The zero-order valence-electron chi connectivity index (χ0n) is 15.3. The fourth-order valence-electron chi connectivity index (χ4n) is 2.70. The molecular formula is C22H21FN2O2. The predicted molar refractivity (Wildman–Crippen MR) is 106 cm³/mol. The van der Waals surface area contributed by atoms with Crippen molar-refractivity contribution in [2.24, 2.45) is 0 Å². The van der Waals surface area contributed by atoms with Gasteiger partial charge in [-0.3, -0.25) is 4.79 Å². The molecule has 0 aliphatic carbocycles. The first kappa shape index (κ1) is 18.5. The fraction of sp³-hybridized carbons (Fsp3) is 0.136. The van der Waals surface area contributed by atoms with Crippen LogP contribution >= 0.6 is 0 Å². The quantitative estimate of drug-likeness (QED) is 0.642. The number of hydrogen-bond acceptors (Lipinski definition) is 3. The summed E-state index contributed by atoms with van der Waals surface area (Å²) in [6.07, 6.45) is 0.195. The molecule has 3 aromatic rings. The van der Waals surface area contributed by atoms with E-state index in [9.17, 15) is 9.18 Å². The second kappa shape index (κ2) is 8.36. The molecular weight excluding hydrogens is 343 g/mol. The van der Waals surface area contributed by atoms with Crippen LogP contribution in [0, 0.1) is 12.7 Å². The molecule has 0 heterocycles. The van der Waals surface area contributed by atoms with Crippen LogP contribution in [0.25, 0.3) is 0 Å². The first-order valence-corrected chi connectivity index (χ1v) is 8.59. The number of hydrogen-bond donors (Lipinski definition) is 2. The Morgan fingerprint density at radius 1 is 0.963 bits per heavy atom. The Hall–Kier alpha value is -3.34. The van der Waals surface area contributed by atoms with E-state index in [-0.39, 0.29) is 18.1 Å². The molecule has 27 heavy (non-hydrogen) atoms. The zero-order chi connectivity index (χ0) is 19.2. The number of rotatable bonds is 6. The van der Waals surface area contributed by atoms with Crippen LogP contribution in [0.4, 0.5) is 21.5 Å². The molecule has 0 atom stereocenters. The number of methoxy groups -OCH3 is 1. The number of benzene rings is 3. The summed E-state index contributed by atoms with van der Waals surface area (Å²) < 4.78 is 18.3. The SMILES string of the molecule is COc1ccc(C)cc1Nc1ccc(NC(=O)Cc2ccc(F)cc2)cc1. The molecule has 4 nitrogen and oxygen atoms in total. The highest BCUT2D eigenvalue weighted by Crippen LogP contribution is 2.29. The van der Waals surface area contributed by atoms with Crippen LogP contribution in [0.5, 0.6) is 5.75 Å². The van der Waals surface area contributed by atoms with E-state index < -0.39 is 0 Å². The summed E-state index contributed by atoms with van der Waals surface area (Å²) in [6.45, 7) is 2.02. The number of anilines is 3. The van der Waals surface area contributed by atoms with Crippen LogP contribution in [0.15, 0.2) is 66.7 Å². The normalized spacial score (nSPS) is 10.3. The number of carbonyl (C=O) groups excluding carboxylic acids is 1. The lowest BCUT2D eigenvalue weighted by atomic mass is 10.1. The maximum absolute atomic E-state index is 12.9. The molecule has 0 aliphatic heterocycles. The Morgan fingerprint density at radius 2 is 1.63 bits per heavy atom. The highest BCUT2D eigenvalue weighted by molar-refractivity contribution is 5.92. The Kier molecular flexibility index (Phi) is 5.71. The van der Waals surface area contributed by atoms with Gasteiger partial charge in [-0.1, -0.05) is 18.2 Å². The van der Waals surface area contributed by atoms with Gasteiger partial charge in [0.1, 0.15) is 11.6 Å². The van der Waals surface area contributed by atoms with Gasteiger partial charge in [0.05, 0.1) is 19.2 Å². The lowest BCUT2D eigenvalue weighted by Crippen LogP contribution is -2.14. The van der Waals surface area contributed by atoms with Crippen molar-refractivity contribution < 1.29 is 13.9 Å². The van der Waals surface area contributed by atoms with E-state index in [1.165, 1.54) is 12.1 Å². The third kappa shape index (κ3) is 5.07. The summed E-state index contributed by atoms with van der Waals surface area (Å²) in [4.78, 5) is 12.1. The van der Waals surface area contributed by atoms with Crippen LogP contribution in [0.1, 0.15) is 11.1 Å². The van der Waals surface area contributed by atoms with Crippen molar-refractivity contribution in [3.63, 3.8) is 0 Å². The first-order chi connectivity index (χ1) is 13.0. The van der Waals surface area contributed by atoms with Gasteiger partial charge >= 0.3 is 0 Å². The first-order valence-electron chi connectivity index (χ1n) is 8.59. The molecule has 0 aliphatic rings. The second-order valence-electron chi connectivity index (χ2n) is 6.26. The minimum atomic E-state index is -0.313. The second-order valence-corrected chi connectivity index (χ2v) is 6.26. The fourth-order valence-corrected chi connectivity index (χ4v) is 2.70. The van der Waals surface area contributed by atoms with E-state index in [2.05, 4.69) is 10.6 Å². The predicted octanol–water partition coefficient (Wildman–Crippen LogP) is 5.07. The van der Waals surface area contributed by atoms with Crippen LogP contribution in [0.3, 0.4) is 0 Å². The molecule has 0 radical (unpaired) electrons. The largest absolute Gasteiger partial charge is 0.495 e. The summed E-state index contributed by atoms with van der Waals surface area (Å²) in [5.74, 6) is 0.299. The average Bonchev–Trinajstić information content (AvgIpc) is 2.65. The molecule has 0 unspecified atom stereocenters. The summed E-state index contributed by atoms with van der Waals surface area (Å²) in [5, 5.41) is 6.16. The standard InChI is InChI=1S/C22H21FN2O2/c1-15-3-12-21(27-2)20(13-15)24-18-8-10-19(11-9-18)25-22(26)14-16-4-6-17(23)7-5-16/h3-13,24H,14H2,1-2H3,(H,25,26). The third-order valence-corrected chi connectivity index (χ3v) is 4.08. The van der Waals surface area contributed by atoms with Crippen molar-refractivity contribution in [3.05, 3.63) is 83.7 Å². The number of carbonyl (C=O) groups is 1. The minimum Gasteiger partial charge on any atom is -0.495 e. The van der Waals surface area contributed by atoms with Crippen molar-refractivity contribution >= 4 is 23.0 Å². The Bertz CT molecular complexity index is 922. The minimum absolute atomic E-state index is 0.150. The Labute approximate surface area is 158 Å². The molecule has 3 aromatic carbocycles. The van der Waals surface area contributed by atoms with Crippen LogP contribution in [-0.4, -0.2) is 13.0 Å². The number of ether oxygens (including phenoxy) is 1. The van der Waals surface area contributed by atoms with Gasteiger partial charge in [0, 0.05) is 11.4 Å². The van der Waals surface area contributed by atoms with Crippen LogP contribution in [0.2, 0.25) is 0 Å². The summed E-state index contributed by atoms with van der Waals surface area (Å²) in [5.41, 5.74) is 4.35. The van der Waals surface area contributed by atoms with Crippen molar-refractivity contribution in [2.75, 3.05) is 17.7 Å². The van der Waals surface area contributed by atoms with Crippen LogP contribution in [-0.2, 0) is 11.2 Å². The molecule has 0 fully saturated rings. The van der Waals surface area contributed by atoms with Crippen molar-refractivity contribution in [1.82, 2.24) is 0 Å². The lowest BCUT2D eigenvalue weighted by Gasteiger charge is -2.13. The van der Waals surface area contributed by atoms with Gasteiger partial charge in [0.25, 0.3) is 0 Å². The smallest absolute Gasteiger partial charge is 0.228 e. The van der Waals surface area contributed by atoms with E-state index in [1.54, 1.807) is 19.2 Å². The van der Waals surface area contributed by atoms with Gasteiger partial charge < -0.3 is 15.4 Å². The van der Waals surface area contributed by atoms with Crippen molar-refractivity contribution in [3.8, 4) is 5.75 Å². The molecule has 0 aromatic heterocycles. The average molecular weight is 364 g/mol. The van der Waals surface area contributed by atoms with Gasteiger partial charge in [-0.05, 0) is 66.6 Å². The van der Waals surface area contributed by atoms with E-state index in [1.807, 2.05) is 49.4 Å². The number of amides is 1. The molecule has 5 heteroatoms. The molecule has 0 spiro atoms. The molecule has 0 saturated carbocycles. The van der Waals surface area contributed by atoms with Gasteiger partial charge in [-0.25, -0.2) is 4.39 Å². The number of nitrogens with one attached hydrogen (secondary N) is 2. The summed E-state index contributed by atoms with van der Waals surface area (Å²) >= 11 is 0. The maximum atomic E-state index is 12.9. The number of halogens is 1. The Balaban J connectivity index is 1.62. The van der Waals surface area contributed by atoms with Crippen molar-refractivity contribution in [1.29, 1.82) is 0 Å².